The molecule has 1 aliphatic carbocycles. The van der Waals surface area contributed by atoms with Gasteiger partial charge in [-0.3, -0.25) is 9.69 Å². The van der Waals surface area contributed by atoms with Gasteiger partial charge < -0.3 is 15.6 Å². The molecular formula is C20H21N3O3. The van der Waals surface area contributed by atoms with Gasteiger partial charge in [-0.1, -0.05) is 24.3 Å². The number of methoxy groups -OCH3 is 1. The molecule has 2 aromatic rings. The zero-order valence-electron chi connectivity index (χ0n) is 14.8. The molecule has 2 aliphatic rings. The fourth-order valence-corrected chi connectivity index (χ4v) is 3.65. The fourth-order valence-electron chi connectivity index (χ4n) is 3.65. The number of hydrogen-bond acceptors (Lipinski definition) is 5. The molecule has 1 heterocycles. The average molecular weight is 351 g/mol. The minimum atomic E-state index is -0.921. The molecule has 1 atom stereocenters. The third kappa shape index (κ3) is 2.33. The topological polar surface area (TPSA) is 88.2 Å². The normalized spacial score (nSPS) is 22.5. The first-order chi connectivity index (χ1) is 12.5. The van der Waals surface area contributed by atoms with E-state index in [1.54, 1.807) is 19.2 Å². The molecule has 134 valence electrons. The molecule has 1 unspecified atom stereocenters. The molecule has 0 saturated heterocycles. The van der Waals surface area contributed by atoms with Crippen molar-refractivity contribution in [3.05, 3.63) is 48.0 Å². The molecule has 1 fully saturated rings. The van der Waals surface area contributed by atoms with Crippen LogP contribution in [-0.2, 0) is 10.3 Å². The van der Waals surface area contributed by atoms with E-state index in [9.17, 15) is 9.90 Å². The number of phenols is 1. The van der Waals surface area contributed by atoms with Gasteiger partial charge in [0, 0.05) is 7.05 Å². The van der Waals surface area contributed by atoms with E-state index in [0.29, 0.717) is 5.75 Å². The Balaban J connectivity index is 1.82. The lowest BCUT2D eigenvalue weighted by Crippen LogP contribution is -2.41. The number of nitrogens with zero attached hydrogens (tertiary/aromatic N) is 2. The predicted molar refractivity (Wildman–Crippen MR) is 98.9 cm³/mol. The van der Waals surface area contributed by atoms with Crippen LogP contribution in [0.15, 0.2) is 47.5 Å². The van der Waals surface area contributed by atoms with Crippen molar-refractivity contribution in [3.63, 3.8) is 0 Å². The second-order valence-electron chi connectivity index (χ2n) is 6.84. The third-order valence-electron chi connectivity index (χ3n) is 5.25. The van der Waals surface area contributed by atoms with E-state index in [1.807, 2.05) is 30.3 Å². The van der Waals surface area contributed by atoms with E-state index in [2.05, 4.69) is 4.99 Å². The van der Waals surface area contributed by atoms with Crippen LogP contribution in [0.3, 0.4) is 0 Å². The highest BCUT2D eigenvalue weighted by Crippen LogP contribution is 2.51. The summed E-state index contributed by atoms with van der Waals surface area (Å²) in [5, 5.41) is 9.82. The molecule has 1 aliphatic heterocycles. The van der Waals surface area contributed by atoms with Gasteiger partial charge in [-0.2, -0.15) is 0 Å². The Morgan fingerprint density at radius 3 is 2.58 bits per heavy atom. The lowest BCUT2D eigenvalue weighted by molar-refractivity contribution is -0.131. The van der Waals surface area contributed by atoms with Gasteiger partial charge in [0.2, 0.25) is 0 Å². The number of amides is 1. The minimum absolute atomic E-state index is 0.0714. The number of benzene rings is 2. The van der Waals surface area contributed by atoms with E-state index in [-0.39, 0.29) is 23.5 Å². The van der Waals surface area contributed by atoms with Crippen LogP contribution in [0.5, 0.6) is 11.5 Å². The number of hydrogen-bond donors (Lipinski definition) is 2. The Morgan fingerprint density at radius 2 is 1.96 bits per heavy atom. The Bertz CT molecular complexity index is 920. The molecule has 6 nitrogen and oxygen atoms in total. The van der Waals surface area contributed by atoms with Crippen LogP contribution >= 0.6 is 0 Å². The molecule has 4 rings (SSSR count). The van der Waals surface area contributed by atoms with Gasteiger partial charge in [-0.15, -0.1) is 0 Å². The summed E-state index contributed by atoms with van der Waals surface area (Å²) in [4.78, 5) is 19.0. The second kappa shape index (κ2) is 5.76. The third-order valence-corrected chi connectivity index (χ3v) is 5.25. The SMILES string of the molecule is COc1cc(-c2cccc(C3(C4CC4)N=C(N)N(C)C3=O)c2)ccc1O. The summed E-state index contributed by atoms with van der Waals surface area (Å²) in [5.41, 5.74) is 7.71. The Kier molecular flexibility index (Phi) is 3.64. The smallest absolute Gasteiger partial charge is 0.261 e. The van der Waals surface area contributed by atoms with Gasteiger partial charge in [-0.05, 0) is 53.6 Å². The number of phenolic OH excluding ortho intramolecular Hbond substituents is 1. The summed E-state index contributed by atoms with van der Waals surface area (Å²) in [6, 6.07) is 13.0. The van der Waals surface area contributed by atoms with Crippen molar-refractivity contribution < 1.29 is 14.6 Å². The maximum atomic E-state index is 13.0. The van der Waals surface area contributed by atoms with Crippen LogP contribution in [0, 0.1) is 5.92 Å². The van der Waals surface area contributed by atoms with Crippen LogP contribution in [0.2, 0.25) is 0 Å². The van der Waals surface area contributed by atoms with Crippen molar-refractivity contribution in [1.82, 2.24) is 4.90 Å². The Labute approximate surface area is 151 Å². The van der Waals surface area contributed by atoms with Crippen LogP contribution in [0.25, 0.3) is 11.1 Å². The molecule has 0 bridgehead atoms. The Hall–Kier alpha value is -3.02. The van der Waals surface area contributed by atoms with E-state index in [1.165, 1.54) is 12.0 Å². The molecule has 6 heteroatoms. The van der Waals surface area contributed by atoms with Crippen molar-refractivity contribution in [3.8, 4) is 22.6 Å². The summed E-state index contributed by atoms with van der Waals surface area (Å²) in [6.07, 6.45) is 1.93. The summed E-state index contributed by atoms with van der Waals surface area (Å²) < 4.78 is 5.20. The number of nitrogens with two attached hydrogens (primary N) is 1. The first kappa shape index (κ1) is 16.4. The molecule has 3 N–H and O–H groups in total. The number of ether oxygens (including phenoxy) is 1. The number of carbonyl (C=O) groups excluding carboxylic acids is 1. The standard InChI is InChI=1S/C20H21N3O3/c1-23-18(25)20(14-7-8-14,22-19(23)21)15-5-3-4-12(10-15)13-6-9-16(24)17(11-13)26-2/h3-6,9-11,14,24H,7-8H2,1-2H3,(H2,21,22). The van der Waals surface area contributed by atoms with Gasteiger partial charge >= 0.3 is 0 Å². The highest BCUT2D eigenvalue weighted by molar-refractivity contribution is 6.07. The molecule has 0 aromatic heterocycles. The fraction of sp³-hybridized carbons (Fsp3) is 0.300. The Morgan fingerprint density at radius 1 is 1.23 bits per heavy atom. The largest absolute Gasteiger partial charge is 0.504 e. The summed E-state index contributed by atoms with van der Waals surface area (Å²) in [7, 11) is 3.18. The zero-order chi connectivity index (χ0) is 18.5. The van der Waals surface area contributed by atoms with Crippen molar-refractivity contribution in [2.45, 2.75) is 18.4 Å². The van der Waals surface area contributed by atoms with Gasteiger partial charge in [0.25, 0.3) is 5.91 Å². The number of rotatable bonds is 4. The summed E-state index contributed by atoms with van der Waals surface area (Å²) in [5.74, 6) is 0.871. The molecule has 26 heavy (non-hydrogen) atoms. The first-order valence-corrected chi connectivity index (χ1v) is 8.58. The lowest BCUT2D eigenvalue weighted by Gasteiger charge is -2.25. The van der Waals surface area contributed by atoms with Gasteiger partial charge in [-0.25, -0.2) is 4.99 Å². The zero-order valence-corrected chi connectivity index (χ0v) is 14.8. The minimum Gasteiger partial charge on any atom is -0.504 e. The van der Waals surface area contributed by atoms with Crippen LogP contribution < -0.4 is 10.5 Å². The van der Waals surface area contributed by atoms with Gasteiger partial charge in [0.1, 0.15) is 0 Å². The van der Waals surface area contributed by atoms with E-state index >= 15 is 0 Å². The monoisotopic (exact) mass is 351 g/mol. The molecule has 1 amide bonds. The van der Waals surface area contributed by atoms with Gasteiger partial charge in [0.15, 0.2) is 23.0 Å². The molecule has 2 aromatic carbocycles. The van der Waals surface area contributed by atoms with E-state index in [0.717, 1.165) is 29.5 Å². The number of aliphatic imine (C=N–C) groups is 1. The summed E-state index contributed by atoms with van der Waals surface area (Å²) in [6.45, 7) is 0. The maximum absolute atomic E-state index is 13.0. The average Bonchev–Trinajstić information content (AvgIpc) is 3.47. The first-order valence-electron chi connectivity index (χ1n) is 8.58. The molecule has 0 spiro atoms. The highest BCUT2D eigenvalue weighted by atomic mass is 16.5. The van der Waals surface area contributed by atoms with E-state index in [4.69, 9.17) is 10.5 Å². The molecule has 0 radical (unpaired) electrons. The lowest BCUT2D eigenvalue weighted by atomic mass is 9.83. The van der Waals surface area contributed by atoms with Crippen molar-refractivity contribution in [2.24, 2.45) is 16.6 Å². The van der Waals surface area contributed by atoms with E-state index < -0.39 is 5.54 Å². The maximum Gasteiger partial charge on any atom is 0.261 e. The molecule has 1 saturated carbocycles. The van der Waals surface area contributed by atoms with Crippen LogP contribution in [0.1, 0.15) is 18.4 Å². The number of likely N-dealkylation sites (N-methyl/N-ethyl adjacent to an activating group) is 1. The quantitative estimate of drug-likeness (QED) is 0.886. The van der Waals surface area contributed by atoms with Gasteiger partial charge in [0.05, 0.1) is 7.11 Å². The van der Waals surface area contributed by atoms with Crippen molar-refractivity contribution in [2.75, 3.05) is 14.2 Å². The molecular weight excluding hydrogens is 330 g/mol. The number of aromatic hydroxyl groups is 1. The van der Waals surface area contributed by atoms with Crippen LogP contribution in [-0.4, -0.2) is 36.0 Å². The predicted octanol–water partition coefficient (Wildman–Crippen LogP) is 2.46. The summed E-state index contributed by atoms with van der Waals surface area (Å²) >= 11 is 0. The second-order valence-corrected chi connectivity index (χ2v) is 6.84. The number of carbonyl (C=O) groups is 1. The van der Waals surface area contributed by atoms with Crippen molar-refractivity contribution >= 4 is 11.9 Å². The number of guanidine groups is 1. The van der Waals surface area contributed by atoms with Crippen LogP contribution in [0.4, 0.5) is 0 Å². The highest BCUT2D eigenvalue weighted by Gasteiger charge is 2.57. The van der Waals surface area contributed by atoms with Crippen molar-refractivity contribution in [1.29, 1.82) is 0 Å².